The summed E-state index contributed by atoms with van der Waals surface area (Å²) in [5.74, 6) is -1.67. The van der Waals surface area contributed by atoms with Gasteiger partial charge in [0.1, 0.15) is 17.4 Å². The van der Waals surface area contributed by atoms with Crippen LogP contribution in [-0.4, -0.2) is 13.0 Å². The lowest BCUT2D eigenvalue weighted by Crippen LogP contribution is -2.14. The molecule has 20 heavy (non-hydrogen) atoms. The first-order chi connectivity index (χ1) is 9.51. The Hall–Kier alpha value is -1.95. The fourth-order valence-electron chi connectivity index (χ4n) is 1.59. The van der Waals surface area contributed by atoms with Crippen molar-refractivity contribution < 1.29 is 18.3 Å². The maximum Gasteiger partial charge on any atom is 0.258 e. The second kappa shape index (κ2) is 6.00. The van der Waals surface area contributed by atoms with Crippen LogP contribution in [0.15, 0.2) is 40.9 Å². The standard InChI is InChI=1S/C14H10BrF2NO2/c1-20-9-3-5-11(16)13(7-9)18-14(19)10-4-2-8(15)6-12(10)17/h2-7H,1H3,(H,18,19). The third-order valence-corrected chi connectivity index (χ3v) is 3.09. The highest BCUT2D eigenvalue weighted by molar-refractivity contribution is 9.10. The Morgan fingerprint density at radius 3 is 2.55 bits per heavy atom. The molecular formula is C14H10BrF2NO2. The monoisotopic (exact) mass is 341 g/mol. The van der Waals surface area contributed by atoms with E-state index in [9.17, 15) is 13.6 Å². The van der Waals surface area contributed by atoms with E-state index in [0.29, 0.717) is 10.2 Å². The summed E-state index contributed by atoms with van der Waals surface area (Å²) >= 11 is 3.09. The van der Waals surface area contributed by atoms with Crippen molar-refractivity contribution in [1.82, 2.24) is 0 Å². The van der Waals surface area contributed by atoms with Crippen LogP contribution >= 0.6 is 15.9 Å². The third-order valence-electron chi connectivity index (χ3n) is 2.60. The van der Waals surface area contributed by atoms with Gasteiger partial charge in [-0.15, -0.1) is 0 Å². The van der Waals surface area contributed by atoms with E-state index in [1.54, 1.807) is 0 Å². The highest BCUT2D eigenvalue weighted by atomic mass is 79.9. The molecular weight excluding hydrogens is 332 g/mol. The number of hydrogen-bond acceptors (Lipinski definition) is 2. The smallest absolute Gasteiger partial charge is 0.258 e. The molecule has 2 aromatic rings. The molecule has 0 heterocycles. The van der Waals surface area contributed by atoms with E-state index in [2.05, 4.69) is 21.2 Å². The molecule has 0 saturated heterocycles. The summed E-state index contributed by atoms with van der Waals surface area (Å²) in [5.41, 5.74) is -0.243. The zero-order valence-electron chi connectivity index (χ0n) is 10.4. The number of rotatable bonds is 3. The first-order valence-corrected chi connectivity index (χ1v) is 6.40. The molecule has 0 saturated carbocycles. The molecule has 6 heteroatoms. The van der Waals surface area contributed by atoms with Crippen molar-refractivity contribution in [2.24, 2.45) is 0 Å². The maximum absolute atomic E-state index is 13.6. The normalized spacial score (nSPS) is 10.2. The summed E-state index contributed by atoms with van der Waals surface area (Å²) in [5, 5.41) is 2.31. The lowest BCUT2D eigenvalue weighted by atomic mass is 10.2. The Morgan fingerprint density at radius 2 is 1.90 bits per heavy atom. The zero-order chi connectivity index (χ0) is 14.7. The number of nitrogens with one attached hydrogen (secondary N) is 1. The van der Waals surface area contributed by atoms with Gasteiger partial charge in [0, 0.05) is 10.5 Å². The van der Waals surface area contributed by atoms with Crippen molar-refractivity contribution in [2.75, 3.05) is 12.4 Å². The number of carbonyl (C=O) groups is 1. The molecule has 3 nitrogen and oxygen atoms in total. The van der Waals surface area contributed by atoms with Crippen LogP contribution in [-0.2, 0) is 0 Å². The summed E-state index contributed by atoms with van der Waals surface area (Å²) in [7, 11) is 1.42. The molecule has 0 radical (unpaired) electrons. The van der Waals surface area contributed by atoms with Crippen molar-refractivity contribution in [1.29, 1.82) is 0 Å². The van der Waals surface area contributed by atoms with Crippen molar-refractivity contribution in [3.8, 4) is 5.75 Å². The Bertz CT molecular complexity index is 662. The van der Waals surface area contributed by atoms with Gasteiger partial charge in [-0.25, -0.2) is 8.78 Å². The molecule has 1 amide bonds. The minimum Gasteiger partial charge on any atom is -0.497 e. The minimum atomic E-state index is -0.734. The molecule has 2 aromatic carbocycles. The molecule has 0 aliphatic rings. The van der Waals surface area contributed by atoms with Crippen molar-refractivity contribution in [2.45, 2.75) is 0 Å². The van der Waals surface area contributed by atoms with E-state index in [0.717, 1.165) is 12.1 Å². The van der Waals surface area contributed by atoms with E-state index in [1.807, 2.05) is 0 Å². The van der Waals surface area contributed by atoms with Crippen LogP contribution in [0.2, 0.25) is 0 Å². The van der Waals surface area contributed by atoms with Crippen molar-refractivity contribution in [3.63, 3.8) is 0 Å². The number of methoxy groups -OCH3 is 1. The predicted molar refractivity (Wildman–Crippen MR) is 75.0 cm³/mol. The summed E-state index contributed by atoms with van der Waals surface area (Å²) in [6, 6.07) is 7.91. The quantitative estimate of drug-likeness (QED) is 0.916. The summed E-state index contributed by atoms with van der Waals surface area (Å²) < 4.78 is 32.7. The Morgan fingerprint density at radius 1 is 1.15 bits per heavy atom. The third kappa shape index (κ3) is 3.14. The number of anilines is 1. The van der Waals surface area contributed by atoms with Crippen LogP contribution in [0.5, 0.6) is 5.75 Å². The van der Waals surface area contributed by atoms with Gasteiger partial charge in [-0.2, -0.15) is 0 Å². The predicted octanol–water partition coefficient (Wildman–Crippen LogP) is 3.99. The number of ether oxygens (including phenoxy) is 1. The van der Waals surface area contributed by atoms with Gasteiger partial charge in [0.2, 0.25) is 0 Å². The number of amides is 1. The first kappa shape index (κ1) is 14.5. The van der Waals surface area contributed by atoms with Gasteiger partial charge in [0.05, 0.1) is 18.4 Å². The van der Waals surface area contributed by atoms with E-state index < -0.39 is 17.5 Å². The van der Waals surface area contributed by atoms with Crippen LogP contribution < -0.4 is 10.1 Å². The van der Waals surface area contributed by atoms with Crippen LogP contribution in [0.4, 0.5) is 14.5 Å². The maximum atomic E-state index is 13.6. The summed E-state index contributed by atoms with van der Waals surface area (Å²) in [6.45, 7) is 0. The molecule has 0 aromatic heterocycles. The second-order valence-corrected chi connectivity index (χ2v) is 4.84. The van der Waals surface area contributed by atoms with E-state index in [-0.39, 0.29) is 11.3 Å². The minimum absolute atomic E-state index is 0.0725. The summed E-state index contributed by atoms with van der Waals surface area (Å²) in [6.07, 6.45) is 0. The zero-order valence-corrected chi connectivity index (χ0v) is 12.0. The van der Waals surface area contributed by atoms with Gasteiger partial charge in [0.25, 0.3) is 5.91 Å². The SMILES string of the molecule is COc1ccc(F)c(NC(=O)c2ccc(Br)cc2F)c1. The van der Waals surface area contributed by atoms with Gasteiger partial charge in [-0.1, -0.05) is 15.9 Å². The van der Waals surface area contributed by atoms with Crippen LogP contribution in [0, 0.1) is 11.6 Å². The highest BCUT2D eigenvalue weighted by Crippen LogP contribution is 2.22. The first-order valence-electron chi connectivity index (χ1n) is 5.61. The molecule has 0 atom stereocenters. The molecule has 0 aliphatic heterocycles. The lowest BCUT2D eigenvalue weighted by Gasteiger charge is -2.09. The molecule has 0 bridgehead atoms. The Labute approximate surface area is 122 Å². The Kier molecular flexibility index (Phi) is 4.34. The van der Waals surface area contributed by atoms with E-state index >= 15 is 0 Å². The van der Waals surface area contributed by atoms with Gasteiger partial charge in [0.15, 0.2) is 0 Å². The lowest BCUT2D eigenvalue weighted by molar-refractivity contribution is 0.102. The van der Waals surface area contributed by atoms with Crippen LogP contribution in [0.3, 0.4) is 0 Å². The fraction of sp³-hybridized carbons (Fsp3) is 0.0714. The number of benzene rings is 2. The fourth-order valence-corrected chi connectivity index (χ4v) is 1.92. The van der Waals surface area contributed by atoms with Gasteiger partial charge in [-0.05, 0) is 30.3 Å². The molecule has 2 rings (SSSR count). The average molecular weight is 342 g/mol. The van der Waals surface area contributed by atoms with Gasteiger partial charge >= 0.3 is 0 Å². The highest BCUT2D eigenvalue weighted by Gasteiger charge is 2.14. The number of hydrogen-bond donors (Lipinski definition) is 1. The molecule has 0 spiro atoms. The van der Waals surface area contributed by atoms with Gasteiger partial charge in [-0.3, -0.25) is 4.79 Å². The van der Waals surface area contributed by atoms with E-state index in [1.165, 1.54) is 31.4 Å². The molecule has 0 aliphatic carbocycles. The molecule has 0 unspecified atom stereocenters. The largest absolute Gasteiger partial charge is 0.497 e. The van der Waals surface area contributed by atoms with Crippen LogP contribution in [0.25, 0.3) is 0 Å². The van der Waals surface area contributed by atoms with Crippen LogP contribution in [0.1, 0.15) is 10.4 Å². The molecule has 1 N–H and O–H groups in total. The average Bonchev–Trinajstić information content (AvgIpc) is 2.41. The number of halogens is 3. The topological polar surface area (TPSA) is 38.3 Å². The number of carbonyl (C=O) groups excluding carboxylic acids is 1. The van der Waals surface area contributed by atoms with E-state index in [4.69, 9.17) is 4.74 Å². The van der Waals surface area contributed by atoms with Gasteiger partial charge < -0.3 is 10.1 Å². The molecule has 0 fully saturated rings. The Balaban J connectivity index is 2.27. The van der Waals surface area contributed by atoms with Crippen molar-refractivity contribution >= 4 is 27.5 Å². The second-order valence-electron chi connectivity index (χ2n) is 3.92. The van der Waals surface area contributed by atoms with Crippen molar-refractivity contribution in [3.05, 3.63) is 58.1 Å². The summed E-state index contributed by atoms with van der Waals surface area (Å²) in [4.78, 5) is 11.9. The molecule has 104 valence electrons.